The Balaban J connectivity index is 1.94. The Hall–Kier alpha value is -2.38. The Kier molecular flexibility index (Phi) is 6.55. The average Bonchev–Trinajstić information content (AvgIpc) is 2.59. The lowest BCUT2D eigenvalue weighted by Gasteiger charge is -2.08. The van der Waals surface area contributed by atoms with E-state index in [-0.39, 0.29) is 10.8 Å². The molecule has 6 nitrogen and oxygen atoms in total. The number of carbonyl (C=O) groups is 1. The molecule has 0 radical (unpaired) electrons. The van der Waals surface area contributed by atoms with Crippen molar-refractivity contribution in [2.24, 2.45) is 5.14 Å². The second kappa shape index (κ2) is 8.64. The van der Waals surface area contributed by atoms with Gasteiger partial charge in [0.25, 0.3) is 5.91 Å². The number of amides is 1. The van der Waals surface area contributed by atoms with Crippen molar-refractivity contribution in [3.05, 3.63) is 54.1 Å². The van der Waals surface area contributed by atoms with E-state index in [0.29, 0.717) is 17.9 Å². The molecule has 0 spiro atoms. The van der Waals surface area contributed by atoms with Gasteiger partial charge in [-0.1, -0.05) is 19.8 Å². The molecule has 134 valence electrons. The first kappa shape index (κ1) is 19.0. The van der Waals surface area contributed by atoms with Crippen LogP contribution in [0.2, 0.25) is 0 Å². The van der Waals surface area contributed by atoms with Crippen molar-refractivity contribution in [2.75, 3.05) is 11.9 Å². The van der Waals surface area contributed by atoms with E-state index in [9.17, 15) is 13.2 Å². The number of primary sulfonamides is 1. The number of nitrogens with one attached hydrogen (secondary N) is 1. The van der Waals surface area contributed by atoms with Gasteiger partial charge in [-0.25, -0.2) is 13.6 Å². The molecule has 0 fully saturated rings. The van der Waals surface area contributed by atoms with E-state index in [1.165, 1.54) is 24.3 Å². The van der Waals surface area contributed by atoms with E-state index in [0.717, 1.165) is 25.0 Å². The number of benzene rings is 2. The van der Waals surface area contributed by atoms with Crippen LogP contribution in [0.4, 0.5) is 5.69 Å². The Morgan fingerprint density at radius 3 is 2.24 bits per heavy atom. The fourth-order valence-corrected chi connectivity index (χ4v) is 2.69. The maximum Gasteiger partial charge on any atom is 0.255 e. The highest BCUT2D eigenvalue weighted by Gasteiger charge is 2.09. The zero-order chi connectivity index (χ0) is 18.3. The molecule has 3 N–H and O–H groups in total. The highest BCUT2D eigenvalue weighted by Crippen LogP contribution is 2.16. The Morgan fingerprint density at radius 1 is 1.04 bits per heavy atom. The van der Waals surface area contributed by atoms with Crippen LogP contribution in [0.1, 0.15) is 36.5 Å². The molecule has 2 rings (SSSR count). The first-order valence-electron chi connectivity index (χ1n) is 8.07. The second-order valence-electron chi connectivity index (χ2n) is 5.60. The molecular weight excluding hydrogens is 340 g/mol. The number of anilines is 1. The van der Waals surface area contributed by atoms with Crippen molar-refractivity contribution in [2.45, 2.75) is 31.1 Å². The highest BCUT2D eigenvalue weighted by molar-refractivity contribution is 7.89. The zero-order valence-electron chi connectivity index (χ0n) is 14.1. The standard InChI is InChI=1S/C18H22N2O4S/c1-2-3-4-13-24-16-9-5-14(6-10-16)18(21)20-15-7-11-17(12-8-15)25(19,22)23/h5-12H,2-4,13H2,1H3,(H,20,21)(H2,19,22,23). The Labute approximate surface area is 148 Å². The molecule has 0 saturated heterocycles. The van der Waals surface area contributed by atoms with Crippen molar-refractivity contribution in [3.8, 4) is 5.75 Å². The third kappa shape index (κ3) is 5.88. The van der Waals surface area contributed by atoms with Crippen LogP contribution in [0.25, 0.3) is 0 Å². The quantitative estimate of drug-likeness (QED) is 0.705. The third-order valence-corrected chi connectivity index (χ3v) is 4.50. The maximum atomic E-state index is 12.2. The summed E-state index contributed by atoms with van der Waals surface area (Å²) >= 11 is 0. The summed E-state index contributed by atoms with van der Waals surface area (Å²) in [5.74, 6) is 0.436. The first-order chi connectivity index (χ1) is 11.9. The maximum absolute atomic E-state index is 12.2. The number of carbonyl (C=O) groups excluding carboxylic acids is 1. The lowest BCUT2D eigenvalue weighted by Crippen LogP contribution is -2.13. The molecule has 0 aliphatic rings. The lowest BCUT2D eigenvalue weighted by molar-refractivity contribution is 0.102. The molecule has 2 aromatic carbocycles. The van der Waals surface area contributed by atoms with E-state index in [4.69, 9.17) is 9.88 Å². The Morgan fingerprint density at radius 2 is 1.68 bits per heavy atom. The summed E-state index contributed by atoms with van der Waals surface area (Å²) in [6.45, 7) is 2.80. The minimum Gasteiger partial charge on any atom is -0.494 e. The first-order valence-corrected chi connectivity index (χ1v) is 9.62. The fraction of sp³-hybridized carbons (Fsp3) is 0.278. The number of hydrogen-bond acceptors (Lipinski definition) is 4. The van der Waals surface area contributed by atoms with Gasteiger partial charge in [0.15, 0.2) is 0 Å². The fourth-order valence-electron chi connectivity index (χ4n) is 2.18. The van der Waals surface area contributed by atoms with Crippen molar-refractivity contribution in [1.29, 1.82) is 0 Å². The number of unbranched alkanes of at least 4 members (excludes halogenated alkanes) is 2. The van der Waals surface area contributed by atoms with Crippen LogP contribution < -0.4 is 15.2 Å². The van der Waals surface area contributed by atoms with Gasteiger partial charge in [-0.2, -0.15) is 0 Å². The largest absolute Gasteiger partial charge is 0.494 e. The number of sulfonamides is 1. The molecular formula is C18H22N2O4S. The average molecular weight is 362 g/mol. The summed E-state index contributed by atoms with van der Waals surface area (Å²) < 4.78 is 28.0. The zero-order valence-corrected chi connectivity index (χ0v) is 14.9. The number of rotatable bonds is 8. The van der Waals surface area contributed by atoms with Crippen LogP contribution in [-0.2, 0) is 10.0 Å². The van der Waals surface area contributed by atoms with Crippen LogP contribution >= 0.6 is 0 Å². The summed E-state index contributed by atoms with van der Waals surface area (Å²) in [4.78, 5) is 12.2. The van der Waals surface area contributed by atoms with E-state index in [1.807, 2.05) is 0 Å². The number of nitrogens with two attached hydrogens (primary N) is 1. The van der Waals surface area contributed by atoms with Crippen molar-refractivity contribution in [1.82, 2.24) is 0 Å². The summed E-state index contributed by atoms with van der Waals surface area (Å²) in [6, 6.07) is 12.5. The van der Waals surface area contributed by atoms with Gasteiger partial charge < -0.3 is 10.1 Å². The third-order valence-electron chi connectivity index (χ3n) is 3.57. The molecule has 2 aromatic rings. The lowest BCUT2D eigenvalue weighted by atomic mass is 10.2. The molecule has 0 heterocycles. The molecule has 0 atom stereocenters. The van der Waals surface area contributed by atoms with E-state index < -0.39 is 10.0 Å². The molecule has 7 heteroatoms. The van der Waals surface area contributed by atoms with Crippen LogP contribution in [-0.4, -0.2) is 20.9 Å². The normalized spacial score (nSPS) is 11.1. The summed E-state index contributed by atoms with van der Waals surface area (Å²) in [5.41, 5.74) is 0.966. The van der Waals surface area contributed by atoms with Crippen LogP contribution in [0.15, 0.2) is 53.4 Å². The van der Waals surface area contributed by atoms with Gasteiger partial charge in [-0.15, -0.1) is 0 Å². The minimum atomic E-state index is -3.74. The van der Waals surface area contributed by atoms with Gasteiger partial charge in [-0.05, 0) is 55.0 Å². The number of ether oxygens (including phenoxy) is 1. The Bertz CT molecular complexity index is 800. The van der Waals surface area contributed by atoms with Crippen LogP contribution in [0.5, 0.6) is 5.75 Å². The van der Waals surface area contributed by atoms with Crippen LogP contribution in [0.3, 0.4) is 0 Å². The van der Waals surface area contributed by atoms with Gasteiger partial charge in [0.05, 0.1) is 11.5 Å². The molecule has 0 aliphatic heterocycles. The molecule has 0 aromatic heterocycles. The smallest absolute Gasteiger partial charge is 0.255 e. The van der Waals surface area contributed by atoms with Gasteiger partial charge in [0, 0.05) is 11.3 Å². The van der Waals surface area contributed by atoms with E-state index in [1.54, 1.807) is 24.3 Å². The molecule has 0 saturated carbocycles. The topological polar surface area (TPSA) is 98.5 Å². The van der Waals surface area contributed by atoms with E-state index >= 15 is 0 Å². The second-order valence-corrected chi connectivity index (χ2v) is 7.16. The summed E-state index contributed by atoms with van der Waals surface area (Å²) in [5, 5.41) is 7.74. The summed E-state index contributed by atoms with van der Waals surface area (Å²) in [7, 11) is -3.74. The van der Waals surface area contributed by atoms with Gasteiger partial charge in [0.2, 0.25) is 10.0 Å². The molecule has 1 amide bonds. The van der Waals surface area contributed by atoms with Crippen molar-refractivity contribution in [3.63, 3.8) is 0 Å². The summed E-state index contributed by atoms with van der Waals surface area (Å²) in [6.07, 6.45) is 3.28. The molecule has 0 bridgehead atoms. The van der Waals surface area contributed by atoms with Gasteiger partial charge >= 0.3 is 0 Å². The monoisotopic (exact) mass is 362 g/mol. The minimum absolute atomic E-state index is 0.00456. The van der Waals surface area contributed by atoms with Crippen molar-refractivity contribution < 1.29 is 17.9 Å². The number of hydrogen-bond donors (Lipinski definition) is 2. The van der Waals surface area contributed by atoms with Crippen LogP contribution in [0, 0.1) is 0 Å². The predicted octanol–water partition coefficient (Wildman–Crippen LogP) is 3.16. The predicted molar refractivity (Wildman–Crippen MR) is 97.2 cm³/mol. The van der Waals surface area contributed by atoms with Gasteiger partial charge in [-0.3, -0.25) is 4.79 Å². The van der Waals surface area contributed by atoms with Gasteiger partial charge in [0.1, 0.15) is 5.75 Å². The highest BCUT2D eigenvalue weighted by atomic mass is 32.2. The SMILES string of the molecule is CCCCCOc1ccc(C(=O)Nc2ccc(S(N)(=O)=O)cc2)cc1. The molecule has 0 aliphatic carbocycles. The van der Waals surface area contributed by atoms with Crippen molar-refractivity contribution >= 4 is 21.6 Å². The van der Waals surface area contributed by atoms with E-state index in [2.05, 4.69) is 12.2 Å². The molecule has 0 unspecified atom stereocenters. The molecule has 25 heavy (non-hydrogen) atoms.